The van der Waals surface area contributed by atoms with Gasteiger partial charge in [-0.1, -0.05) is 30.5 Å². The predicted molar refractivity (Wildman–Crippen MR) is 110 cm³/mol. The third-order valence-corrected chi connectivity index (χ3v) is 4.89. The van der Waals surface area contributed by atoms with Crippen LogP contribution in [0.4, 0.5) is 14.5 Å². The van der Waals surface area contributed by atoms with E-state index in [0.29, 0.717) is 16.9 Å². The van der Waals surface area contributed by atoms with Gasteiger partial charge in [0, 0.05) is 41.9 Å². The van der Waals surface area contributed by atoms with Crippen molar-refractivity contribution < 1.29 is 13.5 Å². The quantitative estimate of drug-likeness (QED) is 0.481. The molecule has 1 aromatic heterocycles. The summed E-state index contributed by atoms with van der Waals surface area (Å²) in [5.41, 5.74) is 2.37. The van der Waals surface area contributed by atoms with Crippen LogP contribution in [0.3, 0.4) is 0 Å². The first kappa shape index (κ1) is 20.2. The van der Waals surface area contributed by atoms with Gasteiger partial charge in [0.15, 0.2) is 11.6 Å². The van der Waals surface area contributed by atoms with Crippen LogP contribution in [0.5, 0.6) is 11.5 Å². The molecule has 0 aliphatic heterocycles. The molecule has 0 unspecified atom stereocenters. The molecule has 0 aliphatic rings. The molecule has 28 heavy (non-hydrogen) atoms. The molecule has 0 radical (unpaired) electrons. The molecule has 2 aromatic carbocycles. The largest absolute Gasteiger partial charge is 0.454 e. The molecule has 0 bridgehead atoms. The van der Waals surface area contributed by atoms with E-state index in [0.717, 1.165) is 23.6 Å². The number of nitrogens with one attached hydrogen (secondary N) is 2. The van der Waals surface area contributed by atoms with Gasteiger partial charge in [-0.05, 0) is 36.4 Å². The second-order valence-corrected chi connectivity index (χ2v) is 7.44. The van der Waals surface area contributed by atoms with Gasteiger partial charge in [0.25, 0.3) is 0 Å². The molecule has 0 saturated heterocycles. The number of anilines is 1. The highest BCUT2D eigenvalue weighted by Gasteiger charge is 2.14. The Morgan fingerprint density at radius 2 is 1.89 bits per heavy atom. The number of aromatic nitrogens is 1. The summed E-state index contributed by atoms with van der Waals surface area (Å²) in [7, 11) is 1.72. The molecule has 0 saturated carbocycles. The predicted octanol–water partition coefficient (Wildman–Crippen LogP) is 5.98. The van der Waals surface area contributed by atoms with E-state index in [2.05, 4.69) is 4.72 Å². The number of benzene rings is 2. The van der Waals surface area contributed by atoms with Gasteiger partial charge in [0.2, 0.25) is 0 Å². The number of rotatable bonds is 6. The summed E-state index contributed by atoms with van der Waals surface area (Å²) in [6.07, 6.45) is 1.74. The average molecular weight is 422 g/mol. The van der Waals surface area contributed by atoms with Crippen LogP contribution in [0.2, 0.25) is 5.02 Å². The first-order chi connectivity index (χ1) is 13.4. The Morgan fingerprint density at radius 1 is 1.14 bits per heavy atom. The molecular weight excluding hydrogens is 404 g/mol. The highest BCUT2D eigenvalue weighted by molar-refractivity contribution is 8.00. The monoisotopic (exact) mass is 421 g/mol. The van der Waals surface area contributed by atoms with E-state index in [4.69, 9.17) is 21.7 Å². The van der Waals surface area contributed by atoms with E-state index < -0.39 is 11.6 Å². The number of pyridine rings is 1. The molecule has 4 nitrogen and oxygen atoms in total. The van der Waals surface area contributed by atoms with Crippen molar-refractivity contribution in [3.63, 3.8) is 0 Å². The normalized spacial score (nSPS) is 10.8. The van der Waals surface area contributed by atoms with Gasteiger partial charge in [-0.25, -0.2) is 8.78 Å². The van der Waals surface area contributed by atoms with E-state index in [1.807, 2.05) is 19.1 Å². The van der Waals surface area contributed by atoms with Gasteiger partial charge in [-0.3, -0.25) is 5.41 Å². The first-order valence-electron chi connectivity index (χ1n) is 8.45. The lowest BCUT2D eigenvalue weighted by Crippen LogP contribution is -2.16. The number of nitrogens with zero attached hydrogens (tertiary/aromatic N) is 1. The standard InChI is InChI=1S/C20H18ClF2N3OS/c1-3-28-25-14-5-7-18(27-19-6-4-13(22)9-17(19)23)15(10-14)12-8-16(21)20(24)26(2)11-12/h4-11,24-25H,3H2,1-2H3. The van der Waals surface area contributed by atoms with Crippen molar-refractivity contribution in [3.8, 4) is 22.6 Å². The van der Waals surface area contributed by atoms with Crippen molar-refractivity contribution in [2.75, 3.05) is 10.5 Å². The lowest BCUT2D eigenvalue weighted by Gasteiger charge is -2.15. The second-order valence-electron chi connectivity index (χ2n) is 5.96. The van der Waals surface area contributed by atoms with Gasteiger partial charge < -0.3 is 14.0 Å². The van der Waals surface area contributed by atoms with Crippen LogP contribution >= 0.6 is 23.5 Å². The van der Waals surface area contributed by atoms with Gasteiger partial charge in [-0.15, -0.1) is 0 Å². The zero-order chi connectivity index (χ0) is 20.3. The minimum Gasteiger partial charge on any atom is -0.454 e. The van der Waals surface area contributed by atoms with Crippen LogP contribution in [0.15, 0.2) is 48.7 Å². The third-order valence-electron chi connectivity index (χ3n) is 3.93. The molecule has 2 N–H and O–H groups in total. The van der Waals surface area contributed by atoms with Crippen molar-refractivity contribution >= 4 is 29.2 Å². The fourth-order valence-electron chi connectivity index (χ4n) is 2.57. The van der Waals surface area contributed by atoms with Crippen LogP contribution in [0.1, 0.15) is 6.92 Å². The van der Waals surface area contributed by atoms with Crippen LogP contribution in [-0.2, 0) is 7.05 Å². The van der Waals surface area contributed by atoms with E-state index in [9.17, 15) is 8.78 Å². The summed E-state index contributed by atoms with van der Waals surface area (Å²) in [6, 6.07) is 10.2. The molecule has 3 aromatic rings. The number of hydrogen-bond donors (Lipinski definition) is 2. The van der Waals surface area contributed by atoms with Crippen molar-refractivity contribution in [3.05, 3.63) is 70.8 Å². The Labute approximate surface area is 170 Å². The Kier molecular flexibility index (Phi) is 6.26. The molecule has 3 rings (SSSR count). The molecule has 0 fully saturated rings. The molecule has 146 valence electrons. The number of aryl methyl sites for hydroxylation is 1. The third kappa shape index (κ3) is 4.48. The van der Waals surface area contributed by atoms with Crippen molar-refractivity contribution in [2.45, 2.75) is 6.92 Å². The number of halogens is 3. The summed E-state index contributed by atoms with van der Waals surface area (Å²) >= 11 is 7.71. The lowest BCUT2D eigenvalue weighted by atomic mass is 10.1. The maximum atomic E-state index is 14.1. The fourth-order valence-corrected chi connectivity index (χ4v) is 3.26. The van der Waals surface area contributed by atoms with Gasteiger partial charge >= 0.3 is 0 Å². The fraction of sp³-hybridized carbons (Fsp3) is 0.150. The lowest BCUT2D eigenvalue weighted by molar-refractivity contribution is 0.439. The summed E-state index contributed by atoms with van der Waals surface area (Å²) in [5, 5.41) is 8.19. The Morgan fingerprint density at radius 3 is 2.57 bits per heavy atom. The Balaban J connectivity index is 2.10. The molecular formula is C20H18ClF2N3OS. The number of ether oxygens (including phenoxy) is 1. The first-order valence-corrected chi connectivity index (χ1v) is 9.81. The summed E-state index contributed by atoms with van der Waals surface area (Å²) in [6.45, 7) is 2.03. The van der Waals surface area contributed by atoms with E-state index in [1.54, 1.807) is 29.9 Å². The Bertz CT molecular complexity index is 1050. The van der Waals surface area contributed by atoms with E-state index >= 15 is 0 Å². The van der Waals surface area contributed by atoms with Crippen molar-refractivity contribution in [1.29, 1.82) is 5.41 Å². The molecule has 8 heteroatoms. The van der Waals surface area contributed by atoms with Gasteiger partial charge in [-0.2, -0.15) is 0 Å². The van der Waals surface area contributed by atoms with Crippen LogP contribution in [0, 0.1) is 17.0 Å². The molecule has 0 spiro atoms. The van der Waals surface area contributed by atoms with Crippen LogP contribution < -0.4 is 14.9 Å². The van der Waals surface area contributed by atoms with Gasteiger partial charge in [0.1, 0.15) is 17.1 Å². The van der Waals surface area contributed by atoms with Crippen LogP contribution in [-0.4, -0.2) is 10.3 Å². The maximum absolute atomic E-state index is 14.1. The van der Waals surface area contributed by atoms with E-state index in [1.165, 1.54) is 18.0 Å². The molecule has 0 atom stereocenters. The minimum atomic E-state index is -0.792. The summed E-state index contributed by atoms with van der Waals surface area (Å²) in [4.78, 5) is 0. The average Bonchev–Trinajstić information content (AvgIpc) is 2.67. The minimum absolute atomic E-state index is 0.0844. The van der Waals surface area contributed by atoms with Crippen LogP contribution in [0.25, 0.3) is 11.1 Å². The maximum Gasteiger partial charge on any atom is 0.168 e. The smallest absolute Gasteiger partial charge is 0.168 e. The zero-order valence-corrected chi connectivity index (χ0v) is 16.8. The topological polar surface area (TPSA) is 50.0 Å². The SMILES string of the molecule is CCSNc1ccc(Oc2ccc(F)cc2F)c(-c2cc(Cl)c(=N)n(C)c2)c1. The second kappa shape index (κ2) is 8.67. The van der Waals surface area contributed by atoms with E-state index in [-0.39, 0.29) is 16.3 Å². The van der Waals surface area contributed by atoms with Crippen molar-refractivity contribution in [2.24, 2.45) is 7.05 Å². The Hall–Kier alpha value is -2.51. The highest BCUT2D eigenvalue weighted by Crippen LogP contribution is 2.37. The summed E-state index contributed by atoms with van der Waals surface area (Å²) in [5.74, 6) is -0.293. The molecule has 1 heterocycles. The van der Waals surface area contributed by atoms with Crippen molar-refractivity contribution in [1.82, 2.24) is 4.57 Å². The van der Waals surface area contributed by atoms with Gasteiger partial charge in [0.05, 0.1) is 5.02 Å². The highest BCUT2D eigenvalue weighted by atomic mass is 35.5. The zero-order valence-electron chi connectivity index (χ0n) is 15.2. The molecule has 0 amide bonds. The number of hydrogen-bond acceptors (Lipinski definition) is 4. The molecule has 0 aliphatic carbocycles. The summed E-state index contributed by atoms with van der Waals surface area (Å²) < 4.78 is 37.8.